The monoisotopic (exact) mass is 476 g/mol. The van der Waals surface area contributed by atoms with Crippen LogP contribution in [0.4, 0.5) is 5.82 Å². The molecule has 2 aromatic carbocycles. The predicted octanol–water partition coefficient (Wildman–Crippen LogP) is 4.69. The third-order valence-corrected chi connectivity index (χ3v) is 7.07. The summed E-state index contributed by atoms with van der Waals surface area (Å²) in [7, 11) is 0. The van der Waals surface area contributed by atoms with Crippen LogP contribution in [-0.2, 0) is 6.54 Å². The van der Waals surface area contributed by atoms with Crippen LogP contribution in [0.5, 0.6) is 11.5 Å². The molecule has 34 heavy (non-hydrogen) atoms. The van der Waals surface area contributed by atoms with E-state index in [1.54, 1.807) is 11.3 Å². The highest BCUT2D eigenvalue weighted by molar-refractivity contribution is 7.15. The zero-order valence-corrected chi connectivity index (χ0v) is 20.1. The second-order valence-electron chi connectivity index (χ2n) is 8.26. The average Bonchev–Trinajstić information content (AvgIpc) is 3.34. The Kier molecular flexibility index (Phi) is 6.62. The largest absolute Gasteiger partial charge is 0.486 e. The van der Waals surface area contributed by atoms with E-state index in [-0.39, 0.29) is 12.6 Å². The summed E-state index contributed by atoms with van der Waals surface area (Å²) in [5.41, 5.74) is 3.26. The van der Waals surface area contributed by atoms with Crippen molar-refractivity contribution in [2.24, 2.45) is 0 Å². The number of ether oxygens (including phenoxy) is 2. The summed E-state index contributed by atoms with van der Waals surface area (Å²) < 4.78 is 11.5. The molecule has 0 fully saturated rings. The number of benzene rings is 2. The van der Waals surface area contributed by atoms with Gasteiger partial charge >= 0.3 is 0 Å². The number of hydrogen-bond acceptors (Lipinski definition) is 8. The van der Waals surface area contributed by atoms with E-state index in [2.05, 4.69) is 52.9 Å². The molecule has 3 heterocycles. The van der Waals surface area contributed by atoms with Gasteiger partial charge in [0.25, 0.3) is 0 Å². The van der Waals surface area contributed by atoms with Crippen LogP contribution in [0.1, 0.15) is 29.2 Å². The number of anilines is 1. The number of aromatic nitrogens is 2. The summed E-state index contributed by atoms with van der Waals surface area (Å²) in [6.07, 6.45) is 0. The van der Waals surface area contributed by atoms with Crippen molar-refractivity contribution in [1.29, 1.82) is 0 Å². The van der Waals surface area contributed by atoms with Crippen molar-refractivity contribution < 1.29 is 14.6 Å². The summed E-state index contributed by atoms with van der Waals surface area (Å²) in [6, 6.07) is 16.7. The fourth-order valence-electron chi connectivity index (χ4n) is 4.12. The summed E-state index contributed by atoms with van der Waals surface area (Å²) in [6.45, 7) is 6.57. The van der Waals surface area contributed by atoms with Crippen LogP contribution in [0.3, 0.4) is 0 Å². The van der Waals surface area contributed by atoms with E-state index in [0.29, 0.717) is 25.6 Å². The molecule has 0 bridgehead atoms. The van der Waals surface area contributed by atoms with E-state index in [0.717, 1.165) is 34.8 Å². The minimum atomic E-state index is 0.0594. The first-order valence-corrected chi connectivity index (χ1v) is 12.3. The molecule has 5 rings (SSSR count). The van der Waals surface area contributed by atoms with Crippen molar-refractivity contribution in [3.05, 3.63) is 64.8 Å². The van der Waals surface area contributed by atoms with Crippen LogP contribution in [-0.4, -0.2) is 41.4 Å². The SMILES string of the molecule is Cc1nc(NC(C)c2ccc(-c3ccccc3CNCCO)s2)c2cc3c(cc2n1)OCCO3. The first kappa shape index (κ1) is 22.6. The molecule has 1 aliphatic rings. The lowest BCUT2D eigenvalue weighted by molar-refractivity contribution is 0.172. The van der Waals surface area contributed by atoms with Crippen LogP contribution in [0.15, 0.2) is 48.5 Å². The number of nitrogens with zero attached hydrogens (tertiary/aromatic N) is 2. The maximum absolute atomic E-state index is 9.07. The highest BCUT2D eigenvalue weighted by Crippen LogP contribution is 2.38. The van der Waals surface area contributed by atoms with Gasteiger partial charge in [-0.15, -0.1) is 11.3 Å². The molecule has 1 atom stereocenters. The lowest BCUT2D eigenvalue weighted by Gasteiger charge is -2.20. The lowest BCUT2D eigenvalue weighted by atomic mass is 10.1. The molecule has 0 amide bonds. The standard InChI is InChI=1S/C26H28N4O3S/c1-16(24-7-8-25(34-24)19-6-4-3-5-18(19)15-27-9-10-31)28-26-20-13-22-23(33-12-11-32-22)14-21(20)29-17(2)30-26/h3-8,13-14,16,27,31H,9-12,15H2,1-2H3,(H,28,29,30). The molecular formula is C26H28N4O3S. The van der Waals surface area contributed by atoms with Gasteiger partial charge in [-0.25, -0.2) is 9.97 Å². The number of nitrogens with one attached hydrogen (secondary N) is 2. The summed E-state index contributed by atoms with van der Waals surface area (Å²) >= 11 is 1.77. The summed E-state index contributed by atoms with van der Waals surface area (Å²) in [5, 5.41) is 16.9. The van der Waals surface area contributed by atoms with Crippen molar-refractivity contribution >= 4 is 28.1 Å². The van der Waals surface area contributed by atoms with Crippen molar-refractivity contribution in [3.63, 3.8) is 0 Å². The molecule has 2 aromatic heterocycles. The van der Waals surface area contributed by atoms with Gasteiger partial charge < -0.3 is 25.2 Å². The molecule has 1 aliphatic heterocycles. The molecule has 0 spiro atoms. The van der Waals surface area contributed by atoms with Crippen molar-refractivity contribution in [1.82, 2.24) is 15.3 Å². The molecule has 4 aromatic rings. The summed E-state index contributed by atoms with van der Waals surface area (Å²) in [5.74, 6) is 2.95. The van der Waals surface area contributed by atoms with Crippen molar-refractivity contribution in [3.8, 4) is 21.9 Å². The second-order valence-corrected chi connectivity index (χ2v) is 9.37. The zero-order valence-electron chi connectivity index (χ0n) is 19.3. The van der Waals surface area contributed by atoms with Gasteiger partial charge in [-0.1, -0.05) is 24.3 Å². The van der Waals surface area contributed by atoms with E-state index in [4.69, 9.17) is 19.6 Å². The number of aliphatic hydroxyl groups excluding tert-OH is 1. The van der Waals surface area contributed by atoms with Gasteiger partial charge in [-0.2, -0.15) is 0 Å². The molecule has 0 saturated heterocycles. The Morgan fingerprint density at radius 3 is 2.68 bits per heavy atom. The van der Waals surface area contributed by atoms with Gasteiger partial charge in [0.2, 0.25) is 0 Å². The van der Waals surface area contributed by atoms with Crippen molar-refractivity contribution in [2.75, 3.05) is 31.7 Å². The molecule has 1 unspecified atom stereocenters. The molecule has 8 heteroatoms. The minimum Gasteiger partial charge on any atom is -0.486 e. The molecule has 0 saturated carbocycles. The fraction of sp³-hybridized carbons (Fsp3) is 0.308. The fourth-order valence-corrected chi connectivity index (χ4v) is 5.19. The number of fused-ring (bicyclic) bond motifs is 2. The smallest absolute Gasteiger partial charge is 0.163 e. The number of thiophene rings is 1. The van der Waals surface area contributed by atoms with E-state index < -0.39 is 0 Å². The van der Waals surface area contributed by atoms with Gasteiger partial charge in [-0.3, -0.25) is 0 Å². The van der Waals surface area contributed by atoms with Crippen LogP contribution >= 0.6 is 11.3 Å². The number of aliphatic hydroxyl groups is 1. The third-order valence-electron chi connectivity index (χ3n) is 5.77. The average molecular weight is 477 g/mol. The van der Waals surface area contributed by atoms with Gasteiger partial charge in [0.05, 0.1) is 18.2 Å². The Labute approximate surface area is 202 Å². The molecule has 3 N–H and O–H groups in total. The van der Waals surface area contributed by atoms with E-state index in [1.165, 1.54) is 20.9 Å². The van der Waals surface area contributed by atoms with Crippen LogP contribution in [0.25, 0.3) is 21.3 Å². The Morgan fingerprint density at radius 1 is 1.06 bits per heavy atom. The van der Waals surface area contributed by atoms with E-state index in [9.17, 15) is 0 Å². The normalized spacial score (nSPS) is 13.7. The number of aryl methyl sites for hydroxylation is 1. The maximum Gasteiger partial charge on any atom is 0.163 e. The predicted molar refractivity (Wildman–Crippen MR) is 136 cm³/mol. The van der Waals surface area contributed by atoms with E-state index in [1.807, 2.05) is 25.1 Å². The topological polar surface area (TPSA) is 88.5 Å². The van der Waals surface area contributed by atoms with Crippen molar-refractivity contribution in [2.45, 2.75) is 26.4 Å². The zero-order chi connectivity index (χ0) is 23.5. The molecule has 0 aliphatic carbocycles. The first-order chi connectivity index (χ1) is 16.6. The quantitative estimate of drug-likeness (QED) is 0.318. The summed E-state index contributed by atoms with van der Waals surface area (Å²) in [4.78, 5) is 11.7. The van der Waals surface area contributed by atoms with Crippen LogP contribution in [0.2, 0.25) is 0 Å². The number of hydrogen-bond donors (Lipinski definition) is 3. The van der Waals surface area contributed by atoms with Crippen LogP contribution < -0.4 is 20.1 Å². The molecular weight excluding hydrogens is 448 g/mol. The van der Waals surface area contributed by atoms with Gasteiger partial charge in [-0.05, 0) is 43.2 Å². The highest BCUT2D eigenvalue weighted by atomic mass is 32.1. The van der Waals surface area contributed by atoms with Gasteiger partial charge in [0.15, 0.2) is 11.5 Å². The Bertz CT molecular complexity index is 1310. The highest BCUT2D eigenvalue weighted by Gasteiger charge is 2.18. The molecule has 7 nitrogen and oxygen atoms in total. The first-order valence-electron chi connectivity index (χ1n) is 11.5. The molecule has 176 valence electrons. The Morgan fingerprint density at radius 2 is 1.85 bits per heavy atom. The van der Waals surface area contributed by atoms with Gasteiger partial charge in [0, 0.05) is 34.3 Å². The second kappa shape index (κ2) is 9.97. The van der Waals surface area contributed by atoms with Crippen LogP contribution in [0, 0.1) is 6.92 Å². The minimum absolute atomic E-state index is 0.0594. The molecule has 0 radical (unpaired) electrons. The van der Waals surface area contributed by atoms with E-state index >= 15 is 0 Å². The third kappa shape index (κ3) is 4.70. The Hall–Kier alpha value is -3.20. The lowest BCUT2D eigenvalue weighted by Crippen LogP contribution is -2.17. The number of rotatable bonds is 8. The Balaban J connectivity index is 1.41. The maximum atomic E-state index is 9.07. The van der Waals surface area contributed by atoms with Gasteiger partial charge in [0.1, 0.15) is 24.9 Å².